The Morgan fingerprint density at radius 2 is 1.88 bits per heavy atom. The van der Waals surface area contributed by atoms with E-state index in [0.717, 1.165) is 0 Å². The Hall–Kier alpha value is -2.99. The SMILES string of the molecule is COc1ccc(I)c(C(=O)N(c2ccnc3ccc([N+](=O)[O-])cc23)C(C)N(C)C)c1OC. The zero-order valence-electron chi connectivity index (χ0n) is 18.3. The van der Waals surface area contributed by atoms with Gasteiger partial charge >= 0.3 is 0 Å². The first-order valence-electron chi connectivity index (χ1n) is 9.64. The summed E-state index contributed by atoms with van der Waals surface area (Å²) in [7, 11) is 6.69. The number of ether oxygens (including phenoxy) is 2. The number of hydrogen-bond donors (Lipinski definition) is 0. The van der Waals surface area contributed by atoms with E-state index in [1.54, 1.807) is 35.4 Å². The molecule has 1 heterocycles. The van der Waals surface area contributed by atoms with Gasteiger partial charge in [-0.1, -0.05) is 0 Å². The smallest absolute Gasteiger partial charge is 0.270 e. The normalized spacial score (nSPS) is 12.0. The molecule has 0 spiro atoms. The minimum absolute atomic E-state index is 0.0785. The molecule has 0 fully saturated rings. The molecule has 0 bridgehead atoms. The van der Waals surface area contributed by atoms with Crippen molar-refractivity contribution in [2.75, 3.05) is 33.2 Å². The van der Waals surface area contributed by atoms with E-state index in [4.69, 9.17) is 9.47 Å². The highest BCUT2D eigenvalue weighted by atomic mass is 127. The summed E-state index contributed by atoms with van der Waals surface area (Å²) in [6, 6.07) is 9.62. The van der Waals surface area contributed by atoms with Crippen molar-refractivity contribution in [1.29, 1.82) is 0 Å². The lowest BCUT2D eigenvalue weighted by molar-refractivity contribution is -0.384. The zero-order chi connectivity index (χ0) is 23.6. The maximum Gasteiger partial charge on any atom is 0.270 e. The predicted molar refractivity (Wildman–Crippen MR) is 131 cm³/mol. The van der Waals surface area contributed by atoms with Crippen LogP contribution in [0.2, 0.25) is 0 Å². The molecule has 0 aliphatic heterocycles. The van der Waals surface area contributed by atoms with Gasteiger partial charge in [-0.25, -0.2) is 0 Å². The minimum atomic E-state index is -0.466. The molecule has 0 aliphatic carbocycles. The highest BCUT2D eigenvalue weighted by Gasteiger charge is 2.31. The highest BCUT2D eigenvalue weighted by Crippen LogP contribution is 2.38. The predicted octanol–water partition coefficient (Wildman–Crippen LogP) is 4.32. The number of pyridine rings is 1. The number of anilines is 1. The fourth-order valence-electron chi connectivity index (χ4n) is 3.38. The molecule has 1 aromatic heterocycles. The Labute approximate surface area is 199 Å². The van der Waals surface area contributed by atoms with Gasteiger partial charge in [0.2, 0.25) is 0 Å². The number of carbonyl (C=O) groups excluding carboxylic acids is 1. The molecule has 1 unspecified atom stereocenters. The first-order valence-corrected chi connectivity index (χ1v) is 10.7. The third-order valence-electron chi connectivity index (χ3n) is 5.22. The van der Waals surface area contributed by atoms with Crippen LogP contribution in [-0.4, -0.2) is 55.2 Å². The van der Waals surface area contributed by atoms with E-state index in [0.29, 0.717) is 37.2 Å². The number of fused-ring (bicyclic) bond motifs is 1. The van der Waals surface area contributed by atoms with Crippen LogP contribution in [0.3, 0.4) is 0 Å². The maximum absolute atomic E-state index is 14.0. The Morgan fingerprint density at radius 3 is 2.47 bits per heavy atom. The molecule has 10 heteroatoms. The number of amides is 1. The summed E-state index contributed by atoms with van der Waals surface area (Å²) in [5, 5.41) is 11.9. The number of benzene rings is 2. The van der Waals surface area contributed by atoms with Crippen molar-refractivity contribution in [3.05, 3.63) is 61.8 Å². The van der Waals surface area contributed by atoms with Crippen molar-refractivity contribution in [3.8, 4) is 11.5 Å². The molecular weight excluding hydrogens is 527 g/mol. The number of halogens is 1. The van der Waals surface area contributed by atoms with E-state index < -0.39 is 4.92 Å². The Kier molecular flexibility index (Phi) is 7.14. The molecule has 9 nitrogen and oxygen atoms in total. The monoisotopic (exact) mass is 550 g/mol. The molecule has 0 saturated heterocycles. The maximum atomic E-state index is 14.0. The summed E-state index contributed by atoms with van der Waals surface area (Å²) in [6.07, 6.45) is 1.19. The number of methoxy groups -OCH3 is 2. The molecule has 32 heavy (non-hydrogen) atoms. The van der Waals surface area contributed by atoms with Crippen molar-refractivity contribution in [1.82, 2.24) is 9.88 Å². The van der Waals surface area contributed by atoms with E-state index >= 15 is 0 Å². The number of non-ortho nitro benzene ring substituents is 1. The van der Waals surface area contributed by atoms with Crippen LogP contribution in [0, 0.1) is 13.7 Å². The Balaban J connectivity index is 2.30. The summed E-state index contributed by atoms with van der Waals surface area (Å²) in [5.74, 6) is 0.430. The lowest BCUT2D eigenvalue weighted by Crippen LogP contribution is -2.47. The third kappa shape index (κ3) is 4.32. The molecule has 0 radical (unpaired) electrons. The second kappa shape index (κ2) is 9.65. The standard InChI is InChI=1S/C22H23IN4O5/c1-13(25(2)3)26(22(28)20-16(23)7-9-19(31-4)21(20)32-5)18-10-11-24-17-8-6-14(27(29)30)12-15(17)18/h6-13H,1-5H3. The van der Waals surface area contributed by atoms with Crippen LogP contribution in [0.25, 0.3) is 10.9 Å². The molecule has 2 aromatic carbocycles. The van der Waals surface area contributed by atoms with Gasteiger partial charge in [0.05, 0.1) is 42.1 Å². The van der Waals surface area contributed by atoms with Crippen molar-refractivity contribution in [2.24, 2.45) is 0 Å². The molecule has 0 saturated carbocycles. The summed E-state index contributed by atoms with van der Waals surface area (Å²) in [4.78, 5) is 32.7. The molecule has 168 valence electrons. The number of nitrogens with zero attached hydrogens (tertiary/aromatic N) is 4. The number of nitro groups is 1. The second-order valence-electron chi connectivity index (χ2n) is 7.22. The summed E-state index contributed by atoms with van der Waals surface area (Å²) in [6.45, 7) is 1.88. The summed E-state index contributed by atoms with van der Waals surface area (Å²) >= 11 is 2.08. The molecule has 1 atom stereocenters. The zero-order valence-corrected chi connectivity index (χ0v) is 20.5. The topological polar surface area (TPSA) is 98.0 Å². The van der Waals surface area contributed by atoms with Gasteiger partial charge in [0, 0.05) is 27.3 Å². The van der Waals surface area contributed by atoms with Crippen LogP contribution < -0.4 is 14.4 Å². The molecule has 1 amide bonds. The van der Waals surface area contributed by atoms with Crippen LogP contribution in [0.1, 0.15) is 17.3 Å². The fraction of sp³-hybridized carbons (Fsp3) is 0.273. The van der Waals surface area contributed by atoms with Crippen LogP contribution in [0.15, 0.2) is 42.6 Å². The van der Waals surface area contributed by atoms with Crippen LogP contribution in [0.4, 0.5) is 11.4 Å². The number of carbonyl (C=O) groups is 1. The van der Waals surface area contributed by atoms with Gasteiger partial charge in [-0.3, -0.25) is 29.7 Å². The van der Waals surface area contributed by atoms with Gasteiger partial charge in [-0.05, 0) is 67.9 Å². The fourth-order valence-corrected chi connectivity index (χ4v) is 4.03. The lowest BCUT2D eigenvalue weighted by atomic mass is 10.1. The quantitative estimate of drug-likeness (QED) is 0.187. The average Bonchev–Trinajstić information content (AvgIpc) is 2.78. The Morgan fingerprint density at radius 1 is 1.16 bits per heavy atom. The van der Waals surface area contributed by atoms with Gasteiger partial charge in [-0.15, -0.1) is 0 Å². The van der Waals surface area contributed by atoms with Crippen LogP contribution >= 0.6 is 22.6 Å². The first kappa shape index (κ1) is 23.7. The first-order chi connectivity index (χ1) is 15.2. The molecular formula is C22H23IN4O5. The van der Waals surface area contributed by atoms with Gasteiger partial charge in [0.25, 0.3) is 11.6 Å². The highest BCUT2D eigenvalue weighted by molar-refractivity contribution is 14.1. The van der Waals surface area contributed by atoms with E-state index in [1.807, 2.05) is 25.9 Å². The van der Waals surface area contributed by atoms with Crippen molar-refractivity contribution in [3.63, 3.8) is 0 Å². The van der Waals surface area contributed by atoms with Gasteiger partial charge < -0.3 is 9.47 Å². The van der Waals surface area contributed by atoms with Crippen LogP contribution in [-0.2, 0) is 0 Å². The molecule has 0 aliphatic rings. The average molecular weight is 550 g/mol. The van der Waals surface area contributed by atoms with Crippen LogP contribution in [0.5, 0.6) is 11.5 Å². The number of rotatable bonds is 7. The number of nitro benzene ring substituents is 1. The van der Waals surface area contributed by atoms with Crippen molar-refractivity contribution < 1.29 is 19.2 Å². The van der Waals surface area contributed by atoms with E-state index in [2.05, 4.69) is 27.6 Å². The second-order valence-corrected chi connectivity index (χ2v) is 8.38. The van der Waals surface area contributed by atoms with E-state index in [1.165, 1.54) is 26.4 Å². The van der Waals surface area contributed by atoms with Crippen molar-refractivity contribution >= 4 is 50.8 Å². The molecule has 0 N–H and O–H groups in total. The largest absolute Gasteiger partial charge is 0.493 e. The molecule has 3 aromatic rings. The number of hydrogen-bond acceptors (Lipinski definition) is 7. The van der Waals surface area contributed by atoms with Gasteiger partial charge in [0.15, 0.2) is 11.5 Å². The van der Waals surface area contributed by atoms with Crippen molar-refractivity contribution in [2.45, 2.75) is 13.1 Å². The minimum Gasteiger partial charge on any atom is -0.493 e. The van der Waals surface area contributed by atoms with E-state index in [9.17, 15) is 14.9 Å². The Bertz CT molecular complexity index is 1180. The lowest BCUT2D eigenvalue weighted by Gasteiger charge is -2.34. The molecule has 3 rings (SSSR count). The van der Waals surface area contributed by atoms with Gasteiger partial charge in [-0.2, -0.15) is 0 Å². The summed E-state index contributed by atoms with van der Waals surface area (Å²) < 4.78 is 11.6. The summed E-state index contributed by atoms with van der Waals surface area (Å²) in [5.41, 5.74) is 1.32. The van der Waals surface area contributed by atoms with Gasteiger partial charge in [0.1, 0.15) is 0 Å². The van der Waals surface area contributed by atoms with E-state index in [-0.39, 0.29) is 17.8 Å². The third-order valence-corrected chi connectivity index (χ3v) is 6.12. The number of aromatic nitrogens is 1.